The average molecular weight is 236 g/mol. The van der Waals surface area contributed by atoms with Crippen LogP contribution >= 0.6 is 11.6 Å². The second kappa shape index (κ2) is 4.53. The number of halogens is 3. The zero-order chi connectivity index (χ0) is 11.6. The molecule has 6 heteroatoms. The first kappa shape index (κ1) is 11.8. The molecule has 15 heavy (non-hydrogen) atoms. The number of nitrogens with zero attached hydrogens (tertiary/aromatic N) is 1. The van der Waals surface area contributed by atoms with Crippen molar-refractivity contribution in [3.05, 3.63) is 23.0 Å². The van der Waals surface area contributed by atoms with E-state index in [9.17, 15) is 13.6 Å². The van der Waals surface area contributed by atoms with Gasteiger partial charge in [-0.3, -0.25) is 4.79 Å². The molecule has 3 nitrogen and oxygen atoms in total. The minimum absolute atomic E-state index is 0.268. The van der Waals surface area contributed by atoms with Gasteiger partial charge in [0.05, 0.1) is 12.7 Å². The first-order chi connectivity index (χ1) is 6.97. The SMILES string of the molecule is COc1c(C(F)F)cc(C)nc1C(=O)Cl. The third-order valence-corrected chi connectivity index (χ3v) is 1.93. The van der Waals surface area contributed by atoms with Crippen LogP contribution in [0.25, 0.3) is 0 Å². The van der Waals surface area contributed by atoms with Crippen LogP contribution in [0.2, 0.25) is 0 Å². The van der Waals surface area contributed by atoms with Crippen LogP contribution in [0, 0.1) is 6.92 Å². The molecule has 0 aliphatic rings. The average Bonchev–Trinajstić information content (AvgIpc) is 2.16. The smallest absolute Gasteiger partial charge is 0.274 e. The van der Waals surface area contributed by atoms with Crippen LogP contribution < -0.4 is 4.74 Å². The summed E-state index contributed by atoms with van der Waals surface area (Å²) in [5, 5.41) is -0.919. The highest BCUT2D eigenvalue weighted by Gasteiger charge is 2.22. The molecule has 0 saturated heterocycles. The van der Waals surface area contributed by atoms with Crippen LogP contribution in [0.15, 0.2) is 6.07 Å². The normalized spacial score (nSPS) is 10.5. The molecule has 1 rings (SSSR count). The Bertz CT molecular complexity index is 396. The first-order valence-corrected chi connectivity index (χ1v) is 4.38. The number of aryl methyl sites for hydroxylation is 1. The predicted octanol–water partition coefficient (Wildman–Crippen LogP) is 2.72. The molecule has 0 saturated carbocycles. The number of hydrogen-bond donors (Lipinski definition) is 0. The van der Waals surface area contributed by atoms with Crippen LogP contribution in [0.5, 0.6) is 5.75 Å². The maximum atomic E-state index is 12.6. The third kappa shape index (κ3) is 2.41. The van der Waals surface area contributed by atoms with Gasteiger partial charge in [0.15, 0.2) is 11.4 Å². The molecule has 0 radical (unpaired) electrons. The number of carbonyl (C=O) groups excluding carboxylic acids is 1. The summed E-state index contributed by atoms with van der Waals surface area (Å²) in [5.41, 5.74) is -0.376. The Labute approximate surface area is 90.0 Å². The van der Waals surface area contributed by atoms with Crippen molar-refractivity contribution in [2.45, 2.75) is 13.3 Å². The molecule has 1 heterocycles. The summed E-state index contributed by atoms with van der Waals surface area (Å²) in [6.07, 6.45) is -2.74. The van der Waals surface area contributed by atoms with E-state index in [0.29, 0.717) is 0 Å². The molecule has 0 atom stereocenters. The number of aromatic nitrogens is 1. The van der Waals surface area contributed by atoms with E-state index in [4.69, 9.17) is 16.3 Å². The highest BCUT2D eigenvalue weighted by Crippen LogP contribution is 2.32. The second-order valence-corrected chi connectivity index (χ2v) is 3.15. The van der Waals surface area contributed by atoms with Gasteiger partial charge < -0.3 is 4.74 Å². The molecule has 1 aromatic heterocycles. The number of rotatable bonds is 3. The van der Waals surface area contributed by atoms with Crippen LogP contribution in [0.4, 0.5) is 8.78 Å². The summed E-state index contributed by atoms with van der Waals surface area (Å²) in [7, 11) is 1.18. The van der Waals surface area contributed by atoms with Gasteiger partial charge in [-0.1, -0.05) is 0 Å². The van der Waals surface area contributed by atoms with Gasteiger partial charge in [0.25, 0.3) is 11.7 Å². The molecule has 0 amide bonds. The van der Waals surface area contributed by atoms with Gasteiger partial charge in [0.1, 0.15) is 0 Å². The van der Waals surface area contributed by atoms with Crippen LogP contribution in [0.3, 0.4) is 0 Å². The molecule has 0 bridgehead atoms. The standard InChI is InChI=1S/C9H8ClF2NO2/c1-4-3-5(9(11)12)7(15-2)6(13-4)8(10)14/h3,9H,1-2H3. The van der Waals surface area contributed by atoms with Gasteiger partial charge in [-0.05, 0) is 24.6 Å². The molecule has 0 aromatic carbocycles. The number of methoxy groups -OCH3 is 1. The topological polar surface area (TPSA) is 39.2 Å². The Kier molecular flexibility index (Phi) is 3.57. The summed E-state index contributed by atoms with van der Waals surface area (Å²) in [4.78, 5) is 14.7. The molecule has 0 unspecified atom stereocenters. The predicted molar refractivity (Wildman–Crippen MR) is 50.7 cm³/mol. The quantitative estimate of drug-likeness (QED) is 0.756. The van der Waals surface area contributed by atoms with Crippen molar-refractivity contribution in [2.24, 2.45) is 0 Å². The Balaban J connectivity index is 3.45. The summed E-state index contributed by atoms with van der Waals surface area (Å²) < 4.78 is 29.9. The van der Waals surface area contributed by atoms with E-state index in [1.54, 1.807) is 0 Å². The van der Waals surface area contributed by atoms with Crippen molar-refractivity contribution in [1.82, 2.24) is 4.98 Å². The van der Waals surface area contributed by atoms with E-state index in [-0.39, 0.29) is 22.7 Å². The van der Waals surface area contributed by atoms with Crippen molar-refractivity contribution in [2.75, 3.05) is 7.11 Å². The zero-order valence-corrected chi connectivity index (χ0v) is 8.81. The van der Waals surface area contributed by atoms with Gasteiger partial charge in [-0.15, -0.1) is 0 Å². The fraction of sp³-hybridized carbons (Fsp3) is 0.333. The Morgan fingerprint density at radius 2 is 2.20 bits per heavy atom. The van der Waals surface area contributed by atoms with E-state index in [2.05, 4.69) is 4.98 Å². The summed E-state index contributed by atoms with van der Waals surface area (Å²) >= 11 is 5.21. The number of ether oxygens (including phenoxy) is 1. The Morgan fingerprint density at radius 3 is 2.60 bits per heavy atom. The van der Waals surface area contributed by atoms with Crippen molar-refractivity contribution >= 4 is 16.8 Å². The molecule has 0 fully saturated rings. The highest BCUT2D eigenvalue weighted by molar-refractivity contribution is 6.67. The Hall–Kier alpha value is -1.23. The molecule has 0 aliphatic carbocycles. The van der Waals surface area contributed by atoms with Crippen LogP contribution in [-0.4, -0.2) is 17.3 Å². The van der Waals surface area contributed by atoms with Crippen molar-refractivity contribution < 1.29 is 18.3 Å². The molecular weight excluding hydrogens is 228 g/mol. The lowest BCUT2D eigenvalue weighted by molar-refractivity contribution is 0.107. The van der Waals surface area contributed by atoms with Gasteiger partial charge in [0, 0.05) is 5.69 Å². The molecular formula is C9H8ClF2NO2. The van der Waals surface area contributed by atoms with Crippen LogP contribution in [-0.2, 0) is 0 Å². The molecule has 0 spiro atoms. The first-order valence-electron chi connectivity index (χ1n) is 4.01. The van der Waals surface area contributed by atoms with Crippen LogP contribution in [0.1, 0.15) is 28.2 Å². The third-order valence-electron chi connectivity index (χ3n) is 1.76. The van der Waals surface area contributed by atoms with Gasteiger partial charge in [-0.25, -0.2) is 13.8 Å². The number of pyridine rings is 1. The summed E-state index contributed by atoms with van der Waals surface area (Å²) in [6, 6.07) is 1.16. The van der Waals surface area contributed by atoms with E-state index < -0.39 is 11.7 Å². The largest absolute Gasteiger partial charge is 0.494 e. The van der Waals surface area contributed by atoms with E-state index in [1.165, 1.54) is 14.0 Å². The van der Waals surface area contributed by atoms with Gasteiger partial charge >= 0.3 is 0 Å². The van der Waals surface area contributed by atoms with Crippen molar-refractivity contribution in [1.29, 1.82) is 0 Å². The molecule has 0 aliphatic heterocycles. The fourth-order valence-corrected chi connectivity index (χ4v) is 1.32. The lowest BCUT2D eigenvalue weighted by Gasteiger charge is -2.10. The lowest BCUT2D eigenvalue weighted by atomic mass is 10.1. The van der Waals surface area contributed by atoms with Crippen molar-refractivity contribution in [3.63, 3.8) is 0 Å². The van der Waals surface area contributed by atoms with E-state index in [0.717, 1.165) is 6.07 Å². The monoisotopic (exact) mass is 235 g/mol. The van der Waals surface area contributed by atoms with Crippen molar-refractivity contribution in [3.8, 4) is 5.75 Å². The van der Waals surface area contributed by atoms with Gasteiger partial charge in [0.2, 0.25) is 0 Å². The maximum absolute atomic E-state index is 12.6. The Morgan fingerprint density at radius 1 is 1.60 bits per heavy atom. The maximum Gasteiger partial charge on any atom is 0.274 e. The van der Waals surface area contributed by atoms with E-state index in [1.807, 2.05) is 0 Å². The summed E-state index contributed by atoms with van der Waals surface area (Å²) in [5.74, 6) is -0.268. The number of carbonyl (C=O) groups is 1. The highest BCUT2D eigenvalue weighted by atomic mass is 35.5. The van der Waals surface area contributed by atoms with Gasteiger partial charge in [-0.2, -0.15) is 0 Å². The van der Waals surface area contributed by atoms with E-state index >= 15 is 0 Å². The number of alkyl halides is 2. The number of hydrogen-bond acceptors (Lipinski definition) is 3. The molecule has 82 valence electrons. The molecule has 0 N–H and O–H groups in total. The lowest BCUT2D eigenvalue weighted by Crippen LogP contribution is -2.05. The zero-order valence-electron chi connectivity index (χ0n) is 8.05. The fourth-order valence-electron chi connectivity index (χ4n) is 1.20. The second-order valence-electron chi connectivity index (χ2n) is 2.81. The minimum Gasteiger partial charge on any atom is -0.494 e. The minimum atomic E-state index is -2.74. The summed E-state index contributed by atoms with van der Waals surface area (Å²) in [6.45, 7) is 1.49. The molecule has 1 aromatic rings.